The number of benzene rings is 4. The average molecular weight is 717 g/mol. The van der Waals surface area contributed by atoms with Gasteiger partial charge in [-0.25, -0.2) is 8.42 Å². The fourth-order valence-electron chi connectivity index (χ4n) is 6.17. The topological polar surface area (TPSA) is 86.8 Å². The number of halogens is 1. The number of nitrogens with one attached hydrogen (secondary N) is 1. The fourth-order valence-corrected chi connectivity index (χ4v) is 8.11. The van der Waals surface area contributed by atoms with Crippen molar-refractivity contribution in [2.24, 2.45) is 0 Å². The first kappa shape index (κ1) is 34.4. The summed E-state index contributed by atoms with van der Waals surface area (Å²) >= 11 is 3.54. The molecule has 1 fully saturated rings. The molecule has 7 nitrogen and oxygen atoms in total. The second kappa shape index (κ2) is 15.8. The largest absolute Gasteiger partial charge is 0.352 e. The van der Waals surface area contributed by atoms with Gasteiger partial charge < -0.3 is 10.2 Å². The lowest BCUT2D eigenvalue weighted by molar-refractivity contribution is -0.140. The summed E-state index contributed by atoms with van der Waals surface area (Å²) in [7, 11) is -4.15. The molecule has 0 spiro atoms. The van der Waals surface area contributed by atoms with Crippen molar-refractivity contribution in [1.29, 1.82) is 0 Å². The number of carbonyl (C=O) groups excluding carboxylic acids is 2. The minimum atomic E-state index is -4.15. The minimum absolute atomic E-state index is 0.0437. The van der Waals surface area contributed by atoms with Crippen molar-refractivity contribution in [2.75, 3.05) is 10.8 Å². The molecule has 246 valence electrons. The van der Waals surface area contributed by atoms with E-state index in [4.69, 9.17) is 0 Å². The standard InChI is InChI=1S/C38H42BrN3O4S/c1-28-14-12-23-35(29(28)2)42(47(45,46)34-21-10-5-11-22-34)27-37(43)41(26-31-17-13-18-32(39)24-31)36(25-30-15-6-3-7-16-30)38(44)40-33-19-8-4-9-20-33/h3,5-7,10-18,21-24,33,36H,4,8-9,19-20,25-27H2,1-2H3,(H,40,44). The average Bonchev–Trinajstić information content (AvgIpc) is 3.08. The third kappa shape index (κ3) is 8.70. The summed E-state index contributed by atoms with van der Waals surface area (Å²) in [5.41, 5.74) is 3.82. The number of aryl methyl sites for hydroxylation is 1. The van der Waals surface area contributed by atoms with Gasteiger partial charge in [-0.05, 0) is 79.3 Å². The van der Waals surface area contributed by atoms with Crippen LogP contribution in [0.4, 0.5) is 5.69 Å². The Labute approximate surface area is 287 Å². The van der Waals surface area contributed by atoms with Crippen LogP contribution in [-0.4, -0.2) is 43.8 Å². The van der Waals surface area contributed by atoms with Gasteiger partial charge in [-0.1, -0.05) is 108 Å². The van der Waals surface area contributed by atoms with Crippen molar-refractivity contribution in [2.45, 2.75) is 75.9 Å². The summed E-state index contributed by atoms with van der Waals surface area (Å²) < 4.78 is 30.6. The van der Waals surface area contributed by atoms with Gasteiger partial charge in [0.2, 0.25) is 11.8 Å². The van der Waals surface area contributed by atoms with Crippen LogP contribution < -0.4 is 9.62 Å². The van der Waals surface area contributed by atoms with Crippen molar-refractivity contribution in [3.63, 3.8) is 0 Å². The van der Waals surface area contributed by atoms with E-state index in [-0.39, 0.29) is 29.8 Å². The summed E-state index contributed by atoms with van der Waals surface area (Å²) in [5.74, 6) is -0.696. The molecule has 9 heteroatoms. The molecule has 1 N–H and O–H groups in total. The lowest BCUT2D eigenvalue weighted by Crippen LogP contribution is -2.55. The van der Waals surface area contributed by atoms with Crippen LogP contribution in [0.2, 0.25) is 0 Å². The minimum Gasteiger partial charge on any atom is -0.352 e. The molecular weight excluding hydrogens is 674 g/mol. The van der Waals surface area contributed by atoms with Crippen molar-refractivity contribution in [1.82, 2.24) is 10.2 Å². The molecule has 2 amide bonds. The first-order chi connectivity index (χ1) is 22.6. The molecule has 47 heavy (non-hydrogen) atoms. The summed E-state index contributed by atoms with van der Waals surface area (Å²) in [6.45, 7) is 3.42. The molecule has 0 heterocycles. The number of anilines is 1. The Morgan fingerprint density at radius 1 is 0.830 bits per heavy atom. The molecule has 4 aromatic carbocycles. The summed E-state index contributed by atoms with van der Waals surface area (Å²) in [6, 6.07) is 30.0. The van der Waals surface area contributed by atoms with Crippen molar-refractivity contribution in [3.05, 3.63) is 130 Å². The molecule has 1 atom stereocenters. The highest BCUT2D eigenvalue weighted by molar-refractivity contribution is 9.10. The highest BCUT2D eigenvalue weighted by Gasteiger charge is 2.36. The van der Waals surface area contributed by atoms with Crippen LogP contribution in [0.15, 0.2) is 112 Å². The predicted molar refractivity (Wildman–Crippen MR) is 191 cm³/mol. The number of nitrogens with zero attached hydrogens (tertiary/aromatic N) is 2. The van der Waals surface area contributed by atoms with Gasteiger partial charge in [0, 0.05) is 23.5 Å². The predicted octanol–water partition coefficient (Wildman–Crippen LogP) is 7.35. The van der Waals surface area contributed by atoms with Gasteiger partial charge >= 0.3 is 0 Å². The van der Waals surface area contributed by atoms with Crippen LogP contribution in [-0.2, 0) is 32.6 Å². The van der Waals surface area contributed by atoms with Crippen LogP contribution in [0.3, 0.4) is 0 Å². The Bertz CT molecular complexity index is 1780. The molecule has 0 saturated heterocycles. The zero-order chi connectivity index (χ0) is 33.4. The third-order valence-electron chi connectivity index (χ3n) is 8.92. The maximum absolute atomic E-state index is 14.7. The SMILES string of the molecule is Cc1cccc(N(CC(=O)N(Cc2cccc(Br)c2)C(Cc2ccccc2)C(=O)NC2CCCCC2)S(=O)(=O)c2ccccc2)c1C. The first-order valence-corrected chi connectivity index (χ1v) is 18.4. The second-order valence-corrected chi connectivity index (χ2v) is 15.0. The Morgan fingerprint density at radius 2 is 1.47 bits per heavy atom. The van der Waals surface area contributed by atoms with Gasteiger partial charge in [0.25, 0.3) is 10.0 Å². The van der Waals surface area contributed by atoms with E-state index in [1.807, 2.05) is 74.5 Å². The molecule has 0 aromatic heterocycles. The van der Waals surface area contributed by atoms with E-state index < -0.39 is 28.5 Å². The van der Waals surface area contributed by atoms with E-state index in [1.54, 1.807) is 35.2 Å². The number of sulfonamides is 1. The van der Waals surface area contributed by atoms with Crippen LogP contribution in [0.25, 0.3) is 0 Å². The van der Waals surface area contributed by atoms with Crippen molar-refractivity contribution < 1.29 is 18.0 Å². The summed E-state index contributed by atoms with van der Waals surface area (Å²) in [6.07, 6.45) is 5.35. The van der Waals surface area contributed by atoms with Crippen molar-refractivity contribution in [3.8, 4) is 0 Å². The van der Waals surface area contributed by atoms with Crippen molar-refractivity contribution >= 4 is 43.5 Å². The van der Waals surface area contributed by atoms with Crippen LogP contribution in [0.1, 0.15) is 54.4 Å². The molecule has 4 aromatic rings. The lowest BCUT2D eigenvalue weighted by Gasteiger charge is -2.35. The zero-order valence-electron chi connectivity index (χ0n) is 26.9. The van der Waals surface area contributed by atoms with E-state index in [2.05, 4.69) is 21.2 Å². The molecule has 1 aliphatic carbocycles. The first-order valence-electron chi connectivity index (χ1n) is 16.2. The molecule has 1 aliphatic rings. The van der Waals surface area contributed by atoms with E-state index in [9.17, 15) is 18.0 Å². The van der Waals surface area contributed by atoms with Gasteiger partial charge in [0.15, 0.2) is 0 Å². The van der Waals surface area contributed by atoms with Gasteiger partial charge in [-0.2, -0.15) is 0 Å². The van der Waals surface area contributed by atoms with Gasteiger partial charge in [-0.3, -0.25) is 13.9 Å². The van der Waals surface area contributed by atoms with E-state index in [0.29, 0.717) is 5.69 Å². The van der Waals surface area contributed by atoms with Crippen LogP contribution in [0.5, 0.6) is 0 Å². The molecule has 0 bridgehead atoms. The molecule has 0 aliphatic heterocycles. The van der Waals surface area contributed by atoms with E-state index >= 15 is 0 Å². The zero-order valence-corrected chi connectivity index (χ0v) is 29.3. The summed E-state index contributed by atoms with van der Waals surface area (Å²) in [4.78, 5) is 30.6. The number of rotatable bonds is 12. The normalized spacial score (nSPS) is 14.3. The highest BCUT2D eigenvalue weighted by atomic mass is 79.9. The Kier molecular flexibility index (Phi) is 11.5. The molecule has 5 rings (SSSR count). The number of hydrogen-bond acceptors (Lipinski definition) is 4. The van der Waals surface area contributed by atoms with Gasteiger partial charge in [0.1, 0.15) is 12.6 Å². The van der Waals surface area contributed by atoms with Crippen LogP contribution >= 0.6 is 15.9 Å². The quantitative estimate of drug-likeness (QED) is 0.166. The number of amides is 2. The molecule has 0 radical (unpaired) electrons. The van der Waals surface area contributed by atoms with E-state index in [0.717, 1.165) is 58.8 Å². The van der Waals surface area contributed by atoms with Gasteiger partial charge in [0.05, 0.1) is 10.6 Å². The highest BCUT2D eigenvalue weighted by Crippen LogP contribution is 2.29. The maximum Gasteiger partial charge on any atom is 0.264 e. The molecule has 1 unspecified atom stereocenters. The summed E-state index contributed by atoms with van der Waals surface area (Å²) in [5, 5.41) is 3.26. The number of hydrogen-bond donors (Lipinski definition) is 1. The lowest BCUT2D eigenvalue weighted by atomic mass is 9.94. The van der Waals surface area contributed by atoms with Gasteiger partial charge in [-0.15, -0.1) is 0 Å². The Hall–Kier alpha value is -3.95. The fraction of sp³-hybridized carbons (Fsp3) is 0.316. The molecular formula is C38H42BrN3O4S. The Balaban J connectivity index is 1.58. The second-order valence-electron chi connectivity index (χ2n) is 12.2. The van der Waals surface area contributed by atoms with E-state index in [1.165, 1.54) is 16.4 Å². The smallest absolute Gasteiger partial charge is 0.264 e. The monoisotopic (exact) mass is 715 g/mol. The third-order valence-corrected chi connectivity index (χ3v) is 11.2. The maximum atomic E-state index is 14.7. The molecule has 1 saturated carbocycles. The number of carbonyl (C=O) groups is 2. The Morgan fingerprint density at radius 3 is 2.15 bits per heavy atom. The van der Waals surface area contributed by atoms with Crippen LogP contribution in [0, 0.1) is 13.8 Å².